The van der Waals surface area contributed by atoms with Crippen LogP contribution in [0.25, 0.3) is 0 Å². The molecule has 1 unspecified atom stereocenters. The van der Waals surface area contributed by atoms with Gasteiger partial charge in [-0.15, -0.1) is 0 Å². The van der Waals surface area contributed by atoms with Crippen LogP contribution in [0.15, 0.2) is 42.3 Å². The van der Waals surface area contributed by atoms with E-state index in [-0.39, 0.29) is 0 Å². The first-order valence-corrected chi connectivity index (χ1v) is 9.79. The molecule has 1 heterocycles. The molecule has 1 aromatic carbocycles. The van der Waals surface area contributed by atoms with Gasteiger partial charge in [-0.1, -0.05) is 36.9 Å². The van der Waals surface area contributed by atoms with Gasteiger partial charge in [-0.05, 0) is 44.7 Å². The normalized spacial score (nSPS) is 18.9. The first kappa shape index (κ1) is 18.2. The van der Waals surface area contributed by atoms with Crippen molar-refractivity contribution in [1.82, 2.24) is 9.21 Å². The van der Waals surface area contributed by atoms with Crippen molar-refractivity contribution in [2.24, 2.45) is 5.92 Å². The molecule has 0 N–H and O–H groups in total. The largest absolute Gasteiger partial charge is 0.303 e. The number of rotatable bonds is 7. The molecule has 2 rings (SSSR count). The summed E-state index contributed by atoms with van der Waals surface area (Å²) in [5.41, 5.74) is 1.36. The lowest BCUT2D eigenvalue weighted by Gasteiger charge is -2.34. The minimum Gasteiger partial charge on any atom is -0.303 e. The molecule has 128 valence electrons. The van der Waals surface area contributed by atoms with Gasteiger partial charge in [0.25, 0.3) is 0 Å². The Labute approximate surface area is 140 Å². The lowest BCUT2D eigenvalue weighted by molar-refractivity contribution is 0.174. The van der Waals surface area contributed by atoms with Crippen LogP contribution in [0.5, 0.6) is 0 Å². The maximum absolute atomic E-state index is 11.8. The van der Waals surface area contributed by atoms with Crippen molar-refractivity contribution < 1.29 is 8.42 Å². The standard InChI is InChI=1S/C18H28N2O2S/c1-4-23(21,22)20-12-10-18(11-13-20)15-19(3)16(2)14-17-8-6-5-7-9-17/h4-9,16,18H,1,10-15H2,2-3H3. The molecule has 0 bridgehead atoms. The lowest BCUT2D eigenvalue weighted by Crippen LogP contribution is -2.42. The van der Waals surface area contributed by atoms with Gasteiger partial charge in [0.1, 0.15) is 0 Å². The zero-order valence-corrected chi connectivity index (χ0v) is 15.0. The molecule has 1 fully saturated rings. The van der Waals surface area contributed by atoms with Crippen LogP contribution in [0, 0.1) is 5.92 Å². The first-order chi connectivity index (χ1) is 10.9. The van der Waals surface area contributed by atoms with E-state index in [9.17, 15) is 8.42 Å². The van der Waals surface area contributed by atoms with Crippen LogP contribution in [0.1, 0.15) is 25.3 Å². The molecule has 0 radical (unpaired) electrons. The van der Waals surface area contributed by atoms with E-state index in [1.807, 2.05) is 6.07 Å². The Morgan fingerprint density at radius 1 is 1.30 bits per heavy atom. The topological polar surface area (TPSA) is 40.6 Å². The Morgan fingerprint density at radius 2 is 1.91 bits per heavy atom. The van der Waals surface area contributed by atoms with E-state index in [2.05, 4.69) is 49.7 Å². The number of sulfonamides is 1. The molecule has 0 saturated carbocycles. The molecule has 1 atom stereocenters. The predicted molar refractivity (Wildman–Crippen MR) is 95.7 cm³/mol. The molecule has 0 aromatic heterocycles. The Hall–Kier alpha value is -1.17. The Morgan fingerprint density at radius 3 is 2.48 bits per heavy atom. The summed E-state index contributed by atoms with van der Waals surface area (Å²) < 4.78 is 25.1. The third-order valence-corrected chi connectivity index (χ3v) is 6.32. The molecule has 0 amide bonds. The van der Waals surface area contributed by atoms with Gasteiger partial charge in [-0.2, -0.15) is 4.31 Å². The average molecular weight is 337 g/mol. The molecular formula is C18H28N2O2S. The molecule has 1 aromatic rings. The van der Waals surface area contributed by atoms with Crippen molar-refractivity contribution in [3.63, 3.8) is 0 Å². The Kier molecular flexibility index (Phi) is 6.39. The summed E-state index contributed by atoms with van der Waals surface area (Å²) in [6, 6.07) is 11.0. The molecule has 1 saturated heterocycles. The van der Waals surface area contributed by atoms with Crippen LogP contribution in [0.4, 0.5) is 0 Å². The Bertz CT molecular complexity index is 593. The fourth-order valence-electron chi connectivity index (χ4n) is 3.15. The summed E-state index contributed by atoms with van der Waals surface area (Å²) in [4.78, 5) is 2.40. The molecule has 1 aliphatic heterocycles. The van der Waals surface area contributed by atoms with E-state index in [1.54, 1.807) is 4.31 Å². The molecule has 5 heteroatoms. The lowest BCUT2D eigenvalue weighted by atomic mass is 9.96. The van der Waals surface area contributed by atoms with Crippen molar-refractivity contribution in [1.29, 1.82) is 0 Å². The van der Waals surface area contributed by atoms with Crippen LogP contribution >= 0.6 is 0 Å². The molecule has 4 nitrogen and oxygen atoms in total. The molecule has 0 spiro atoms. The van der Waals surface area contributed by atoms with Gasteiger partial charge in [-0.25, -0.2) is 8.42 Å². The SMILES string of the molecule is C=CS(=O)(=O)N1CCC(CN(C)C(C)Cc2ccccc2)CC1. The second kappa shape index (κ2) is 8.08. The molecule has 23 heavy (non-hydrogen) atoms. The van der Waals surface area contributed by atoms with Crippen molar-refractivity contribution >= 4 is 10.0 Å². The maximum atomic E-state index is 11.8. The van der Waals surface area contributed by atoms with Crippen LogP contribution < -0.4 is 0 Å². The number of nitrogens with zero attached hydrogens (tertiary/aromatic N) is 2. The summed E-state index contributed by atoms with van der Waals surface area (Å²) in [7, 11) is -1.08. The predicted octanol–water partition coefficient (Wildman–Crippen LogP) is 2.73. The van der Waals surface area contributed by atoms with Crippen LogP contribution in [0.2, 0.25) is 0 Å². The Balaban J connectivity index is 1.80. The highest BCUT2D eigenvalue weighted by Crippen LogP contribution is 2.22. The van der Waals surface area contributed by atoms with Gasteiger partial charge in [0.2, 0.25) is 10.0 Å². The quantitative estimate of drug-likeness (QED) is 0.769. The number of benzene rings is 1. The first-order valence-electron chi connectivity index (χ1n) is 8.29. The summed E-state index contributed by atoms with van der Waals surface area (Å²) in [5.74, 6) is 0.564. The van der Waals surface area contributed by atoms with Crippen LogP contribution in [-0.2, 0) is 16.4 Å². The number of hydrogen-bond acceptors (Lipinski definition) is 3. The second-order valence-electron chi connectivity index (χ2n) is 6.53. The summed E-state index contributed by atoms with van der Waals surface area (Å²) in [6.07, 6.45) is 2.89. The van der Waals surface area contributed by atoms with Crippen molar-refractivity contribution in [2.75, 3.05) is 26.7 Å². The smallest absolute Gasteiger partial charge is 0.235 e. The summed E-state index contributed by atoms with van der Waals surface area (Å²) in [5, 5.41) is 1.06. The maximum Gasteiger partial charge on any atom is 0.235 e. The van der Waals surface area contributed by atoms with E-state index in [1.165, 1.54) is 5.56 Å². The highest BCUT2D eigenvalue weighted by Gasteiger charge is 2.27. The molecule has 1 aliphatic rings. The van der Waals surface area contributed by atoms with Gasteiger partial charge in [0, 0.05) is 31.1 Å². The summed E-state index contributed by atoms with van der Waals surface area (Å²) >= 11 is 0. The second-order valence-corrected chi connectivity index (χ2v) is 8.41. The zero-order chi connectivity index (χ0) is 16.9. The van der Waals surface area contributed by atoms with E-state index in [0.717, 1.165) is 31.2 Å². The van der Waals surface area contributed by atoms with E-state index in [4.69, 9.17) is 0 Å². The van der Waals surface area contributed by atoms with E-state index < -0.39 is 10.0 Å². The summed E-state index contributed by atoms with van der Waals surface area (Å²) in [6.45, 7) is 7.90. The van der Waals surface area contributed by atoms with Crippen molar-refractivity contribution in [3.05, 3.63) is 47.9 Å². The number of piperidine rings is 1. The minimum atomic E-state index is -3.25. The highest BCUT2D eigenvalue weighted by atomic mass is 32.2. The highest BCUT2D eigenvalue weighted by molar-refractivity contribution is 7.92. The van der Waals surface area contributed by atoms with Gasteiger partial charge in [0.05, 0.1) is 0 Å². The average Bonchev–Trinajstić information content (AvgIpc) is 2.56. The van der Waals surface area contributed by atoms with Gasteiger partial charge in [0.15, 0.2) is 0 Å². The van der Waals surface area contributed by atoms with Crippen molar-refractivity contribution in [3.8, 4) is 0 Å². The third-order valence-electron chi connectivity index (χ3n) is 4.82. The van der Waals surface area contributed by atoms with Gasteiger partial charge >= 0.3 is 0 Å². The van der Waals surface area contributed by atoms with Gasteiger partial charge in [-0.3, -0.25) is 0 Å². The molecular weight excluding hydrogens is 308 g/mol. The van der Waals surface area contributed by atoms with Crippen molar-refractivity contribution in [2.45, 2.75) is 32.2 Å². The monoisotopic (exact) mass is 336 g/mol. The van der Waals surface area contributed by atoms with Crippen LogP contribution in [-0.4, -0.2) is 50.3 Å². The van der Waals surface area contributed by atoms with Gasteiger partial charge < -0.3 is 4.90 Å². The van der Waals surface area contributed by atoms with E-state index in [0.29, 0.717) is 25.0 Å². The fraction of sp³-hybridized carbons (Fsp3) is 0.556. The zero-order valence-electron chi connectivity index (χ0n) is 14.2. The fourth-order valence-corrected chi connectivity index (χ4v) is 4.08. The third kappa shape index (κ3) is 5.16. The number of hydrogen-bond donors (Lipinski definition) is 0. The molecule has 0 aliphatic carbocycles. The number of likely N-dealkylation sites (N-methyl/N-ethyl adjacent to an activating group) is 1. The van der Waals surface area contributed by atoms with Crippen LogP contribution in [0.3, 0.4) is 0 Å². The minimum absolute atomic E-state index is 0.479. The van der Waals surface area contributed by atoms with E-state index >= 15 is 0 Å².